The number of amides is 1. The summed E-state index contributed by atoms with van der Waals surface area (Å²) in [5.74, 6) is 0.530. The minimum absolute atomic E-state index is 0.0215. The van der Waals surface area contributed by atoms with E-state index in [4.69, 9.17) is 5.73 Å². The Kier molecular flexibility index (Phi) is 4.86. The second kappa shape index (κ2) is 6.42. The average molecular weight is 325 g/mol. The van der Waals surface area contributed by atoms with Crippen molar-refractivity contribution in [2.75, 3.05) is 5.73 Å². The highest BCUT2D eigenvalue weighted by atomic mass is 79.9. The highest BCUT2D eigenvalue weighted by Crippen LogP contribution is 2.24. The van der Waals surface area contributed by atoms with Crippen molar-refractivity contribution in [3.05, 3.63) is 28.2 Å². The number of hydrogen-bond acceptors (Lipinski definition) is 2. The number of carbonyl (C=O) groups excluding carboxylic acids is 1. The van der Waals surface area contributed by atoms with Crippen LogP contribution in [-0.4, -0.2) is 11.9 Å². The van der Waals surface area contributed by atoms with Crippen molar-refractivity contribution in [1.29, 1.82) is 0 Å². The molecule has 0 saturated heterocycles. The summed E-state index contributed by atoms with van der Waals surface area (Å²) >= 11 is 3.37. The first-order valence-electron chi connectivity index (χ1n) is 6.93. The van der Waals surface area contributed by atoms with Crippen molar-refractivity contribution in [2.24, 2.45) is 5.92 Å². The minimum atomic E-state index is -0.0215. The fourth-order valence-corrected chi connectivity index (χ4v) is 3.21. The second-order valence-electron chi connectivity index (χ2n) is 5.47. The summed E-state index contributed by atoms with van der Waals surface area (Å²) in [6.45, 7) is 2.23. The Morgan fingerprint density at radius 1 is 1.26 bits per heavy atom. The average Bonchev–Trinajstić information content (AvgIpc) is 2.54. The van der Waals surface area contributed by atoms with Crippen LogP contribution < -0.4 is 11.1 Å². The topological polar surface area (TPSA) is 55.1 Å². The van der Waals surface area contributed by atoms with E-state index in [0.29, 0.717) is 17.2 Å². The number of rotatable bonds is 2. The number of benzene rings is 1. The molecule has 1 fully saturated rings. The largest absolute Gasteiger partial charge is 0.399 e. The lowest BCUT2D eigenvalue weighted by Crippen LogP contribution is -2.38. The number of halogens is 1. The van der Waals surface area contributed by atoms with Gasteiger partial charge in [0.2, 0.25) is 0 Å². The van der Waals surface area contributed by atoms with E-state index in [1.165, 1.54) is 25.7 Å². The molecule has 1 aromatic carbocycles. The molecule has 1 aliphatic rings. The molecule has 0 aliphatic heterocycles. The first-order chi connectivity index (χ1) is 9.06. The molecule has 0 radical (unpaired) electrons. The normalized spacial score (nSPS) is 23.7. The fraction of sp³-hybridized carbons (Fsp3) is 0.533. The molecule has 2 unspecified atom stereocenters. The number of carbonyl (C=O) groups is 1. The van der Waals surface area contributed by atoms with Crippen LogP contribution in [0.15, 0.2) is 22.7 Å². The summed E-state index contributed by atoms with van der Waals surface area (Å²) in [6.07, 6.45) is 6.04. The van der Waals surface area contributed by atoms with Crippen molar-refractivity contribution >= 4 is 27.5 Å². The molecule has 4 heteroatoms. The standard InChI is InChI=1S/C15H21BrN2O/c1-10-5-3-2-4-6-14(10)18-15(19)11-7-12(16)9-13(17)8-11/h7-10,14H,2-6,17H2,1H3,(H,18,19). The van der Waals surface area contributed by atoms with E-state index in [9.17, 15) is 4.79 Å². The van der Waals surface area contributed by atoms with Crippen molar-refractivity contribution in [3.63, 3.8) is 0 Å². The predicted octanol–water partition coefficient (Wildman–Crippen LogP) is 3.73. The van der Waals surface area contributed by atoms with E-state index < -0.39 is 0 Å². The van der Waals surface area contributed by atoms with Gasteiger partial charge in [0.25, 0.3) is 5.91 Å². The zero-order valence-electron chi connectivity index (χ0n) is 11.3. The smallest absolute Gasteiger partial charge is 0.251 e. The fourth-order valence-electron chi connectivity index (χ4n) is 2.70. The lowest BCUT2D eigenvalue weighted by molar-refractivity contribution is 0.0921. The highest BCUT2D eigenvalue weighted by Gasteiger charge is 2.22. The van der Waals surface area contributed by atoms with Crippen molar-refractivity contribution < 1.29 is 4.79 Å². The number of nitrogens with two attached hydrogens (primary N) is 1. The molecular weight excluding hydrogens is 304 g/mol. The quantitative estimate of drug-likeness (QED) is 0.643. The van der Waals surface area contributed by atoms with Crippen LogP contribution in [0.2, 0.25) is 0 Å². The first-order valence-corrected chi connectivity index (χ1v) is 7.72. The summed E-state index contributed by atoms with van der Waals surface area (Å²) in [5, 5.41) is 3.16. The lowest BCUT2D eigenvalue weighted by atomic mass is 9.96. The molecule has 2 rings (SSSR count). The molecule has 0 spiro atoms. The number of nitrogens with one attached hydrogen (secondary N) is 1. The Morgan fingerprint density at radius 2 is 2.00 bits per heavy atom. The Bertz CT molecular complexity index is 441. The van der Waals surface area contributed by atoms with E-state index in [0.717, 1.165) is 10.9 Å². The number of nitrogen functional groups attached to an aromatic ring is 1. The molecule has 3 nitrogen and oxygen atoms in total. The summed E-state index contributed by atoms with van der Waals surface area (Å²) < 4.78 is 0.839. The van der Waals surface area contributed by atoms with E-state index in [1.807, 2.05) is 6.07 Å². The highest BCUT2D eigenvalue weighted by molar-refractivity contribution is 9.10. The van der Waals surface area contributed by atoms with E-state index in [-0.39, 0.29) is 11.9 Å². The molecule has 104 valence electrons. The maximum atomic E-state index is 12.3. The monoisotopic (exact) mass is 324 g/mol. The van der Waals surface area contributed by atoms with Gasteiger partial charge in [-0.1, -0.05) is 42.1 Å². The van der Waals surface area contributed by atoms with Gasteiger partial charge in [-0.15, -0.1) is 0 Å². The third-order valence-corrected chi connectivity index (χ3v) is 4.32. The molecule has 1 aromatic rings. The number of hydrogen-bond donors (Lipinski definition) is 2. The maximum Gasteiger partial charge on any atom is 0.251 e. The van der Waals surface area contributed by atoms with Crippen molar-refractivity contribution in [2.45, 2.75) is 45.1 Å². The van der Waals surface area contributed by atoms with Crippen molar-refractivity contribution in [3.8, 4) is 0 Å². The first kappa shape index (κ1) is 14.4. The second-order valence-corrected chi connectivity index (χ2v) is 6.38. The van der Waals surface area contributed by atoms with E-state index in [1.54, 1.807) is 12.1 Å². The van der Waals surface area contributed by atoms with Crippen LogP contribution in [0.5, 0.6) is 0 Å². The summed E-state index contributed by atoms with van der Waals surface area (Å²) in [5.41, 5.74) is 7.01. The lowest BCUT2D eigenvalue weighted by Gasteiger charge is -2.23. The summed E-state index contributed by atoms with van der Waals surface area (Å²) in [7, 11) is 0. The minimum Gasteiger partial charge on any atom is -0.399 e. The molecule has 1 saturated carbocycles. The molecule has 0 heterocycles. The van der Waals surface area contributed by atoms with Gasteiger partial charge in [0.1, 0.15) is 0 Å². The Morgan fingerprint density at radius 3 is 2.74 bits per heavy atom. The summed E-state index contributed by atoms with van der Waals surface area (Å²) in [4.78, 5) is 12.3. The maximum absolute atomic E-state index is 12.3. The van der Waals surface area contributed by atoms with Crippen molar-refractivity contribution in [1.82, 2.24) is 5.32 Å². The van der Waals surface area contributed by atoms with Gasteiger partial charge in [-0.25, -0.2) is 0 Å². The molecule has 0 bridgehead atoms. The van der Waals surface area contributed by atoms with Gasteiger partial charge in [0.05, 0.1) is 0 Å². The molecule has 2 atom stereocenters. The van der Waals surface area contributed by atoms with Crippen LogP contribution in [0.3, 0.4) is 0 Å². The van der Waals surface area contributed by atoms with Crippen LogP contribution in [0, 0.1) is 5.92 Å². The molecule has 0 aromatic heterocycles. The molecule has 3 N–H and O–H groups in total. The zero-order chi connectivity index (χ0) is 13.8. The predicted molar refractivity (Wildman–Crippen MR) is 82.1 cm³/mol. The third-order valence-electron chi connectivity index (χ3n) is 3.86. The SMILES string of the molecule is CC1CCCCCC1NC(=O)c1cc(N)cc(Br)c1. The van der Waals surface area contributed by atoms with E-state index >= 15 is 0 Å². The molecular formula is C15H21BrN2O. The van der Waals surface area contributed by atoms with Gasteiger partial charge in [0.15, 0.2) is 0 Å². The Balaban J connectivity index is 2.07. The molecule has 1 aliphatic carbocycles. The third kappa shape index (κ3) is 3.96. The van der Waals surface area contributed by atoms with Crippen LogP contribution in [0.25, 0.3) is 0 Å². The van der Waals surface area contributed by atoms with E-state index in [2.05, 4.69) is 28.2 Å². The zero-order valence-corrected chi connectivity index (χ0v) is 12.9. The Hall–Kier alpha value is -1.03. The van der Waals surface area contributed by atoms with Crippen LogP contribution >= 0.6 is 15.9 Å². The van der Waals surface area contributed by atoms with Gasteiger partial charge in [-0.3, -0.25) is 4.79 Å². The van der Waals surface area contributed by atoms with Crippen LogP contribution in [0.1, 0.15) is 49.4 Å². The van der Waals surface area contributed by atoms with Gasteiger partial charge in [-0.05, 0) is 37.0 Å². The van der Waals surface area contributed by atoms with Gasteiger partial charge >= 0.3 is 0 Å². The van der Waals surface area contributed by atoms with Crippen LogP contribution in [-0.2, 0) is 0 Å². The number of anilines is 1. The molecule has 1 amide bonds. The van der Waals surface area contributed by atoms with Gasteiger partial charge < -0.3 is 11.1 Å². The van der Waals surface area contributed by atoms with Crippen LogP contribution in [0.4, 0.5) is 5.69 Å². The summed E-state index contributed by atoms with van der Waals surface area (Å²) in [6, 6.07) is 5.62. The Labute approximate surface area is 123 Å². The van der Waals surface area contributed by atoms with Gasteiger partial charge in [-0.2, -0.15) is 0 Å². The molecule has 19 heavy (non-hydrogen) atoms. The van der Waals surface area contributed by atoms with Gasteiger partial charge in [0, 0.05) is 21.8 Å².